The van der Waals surface area contributed by atoms with Crippen LogP contribution in [0.2, 0.25) is 5.02 Å². The molecule has 28 heavy (non-hydrogen) atoms. The number of rotatable bonds is 6. The Labute approximate surface area is 171 Å². The molecule has 152 valence electrons. The Morgan fingerprint density at radius 1 is 1.29 bits per heavy atom. The number of hydrogen-bond acceptors (Lipinski definition) is 5. The molecule has 7 heteroatoms. The predicted octanol–water partition coefficient (Wildman–Crippen LogP) is 4.93. The van der Waals surface area contributed by atoms with E-state index in [4.69, 9.17) is 16.6 Å². The van der Waals surface area contributed by atoms with Gasteiger partial charge in [0.15, 0.2) is 5.82 Å². The number of pyridine rings is 1. The van der Waals surface area contributed by atoms with E-state index in [0.717, 1.165) is 25.9 Å². The number of unbranched alkanes of at least 4 members (excludes halogenated alkanes) is 1. The van der Waals surface area contributed by atoms with E-state index in [-0.39, 0.29) is 11.6 Å². The lowest BCUT2D eigenvalue weighted by Gasteiger charge is -2.40. The molecule has 2 aromatic rings. The molecule has 1 aliphatic rings. The van der Waals surface area contributed by atoms with E-state index in [9.17, 15) is 9.50 Å². The van der Waals surface area contributed by atoms with Crippen molar-refractivity contribution in [1.29, 1.82) is 0 Å². The van der Waals surface area contributed by atoms with Crippen LogP contribution in [0.5, 0.6) is 0 Å². The number of anilines is 1. The molecule has 1 aliphatic heterocycles. The van der Waals surface area contributed by atoms with Crippen molar-refractivity contribution in [2.45, 2.75) is 59.5 Å². The Bertz CT molecular complexity index is 837. The van der Waals surface area contributed by atoms with Gasteiger partial charge in [0.2, 0.25) is 5.95 Å². The number of halogens is 2. The highest BCUT2D eigenvalue weighted by atomic mass is 35.5. The fraction of sp³-hybridized carbons (Fsp3) is 0.571. The first-order valence-corrected chi connectivity index (χ1v) is 10.3. The molecular weight excluding hydrogens is 379 g/mol. The molecule has 3 heterocycles. The van der Waals surface area contributed by atoms with Crippen LogP contribution < -0.4 is 4.90 Å². The van der Waals surface area contributed by atoms with E-state index in [1.165, 1.54) is 25.5 Å². The van der Waals surface area contributed by atoms with Crippen LogP contribution in [0.25, 0.3) is 11.3 Å². The molecule has 1 N–H and O–H groups in total. The summed E-state index contributed by atoms with van der Waals surface area (Å²) in [6.07, 6.45) is 7.28. The summed E-state index contributed by atoms with van der Waals surface area (Å²) in [5, 5.41) is 9.82. The van der Waals surface area contributed by atoms with Gasteiger partial charge in [-0.1, -0.05) is 38.3 Å². The molecule has 0 bridgehead atoms. The first-order chi connectivity index (χ1) is 13.4. The molecule has 0 saturated carbocycles. The van der Waals surface area contributed by atoms with Crippen LogP contribution in [0.4, 0.5) is 10.2 Å². The standard InChI is InChI=1S/C21H28ClFN4O/c1-4-5-7-21(3)8-11-27(12-9-21)20-16(13-28)26-18(14(2)25-20)15-6-10-24-19(23)17(15)22/h6,10,28H,4-5,7-9,11-13H2,1-3H3. The number of nitrogens with zero attached hydrogens (tertiary/aromatic N) is 4. The van der Waals surface area contributed by atoms with E-state index in [2.05, 4.69) is 28.7 Å². The van der Waals surface area contributed by atoms with Gasteiger partial charge in [0.25, 0.3) is 0 Å². The van der Waals surface area contributed by atoms with Crippen molar-refractivity contribution in [3.63, 3.8) is 0 Å². The number of aliphatic hydroxyl groups excluding tert-OH is 1. The van der Waals surface area contributed by atoms with Crippen molar-refractivity contribution >= 4 is 17.4 Å². The van der Waals surface area contributed by atoms with Gasteiger partial charge >= 0.3 is 0 Å². The summed E-state index contributed by atoms with van der Waals surface area (Å²) in [4.78, 5) is 15.1. The summed E-state index contributed by atoms with van der Waals surface area (Å²) in [7, 11) is 0. The van der Waals surface area contributed by atoms with Crippen LogP contribution in [0.15, 0.2) is 12.3 Å². The van der Waals surface area contributed by atoms with Crippen molar-refractivity contribution in [2.75, 3.05) is 18.0 Å². The van der Waals surface area contributed by atoms with Gasteiger partial charge in [-0.15, -0.1) is 0 Å². The van der Waals surface area contributed by atoms with E-state index >= 15 is 0 Å². The smallest absolute Gasteiger partial charge is 0.232 e. The largest absolute Gasteiger partial charge is 0.390 e. The van der Waals surface area contributed by atoms with Crippen molar-refractivity contribution in [3.05, 3.63) is 34.6 Å². The van der Waals surface area contributed by atoms with Crippen molar-refractivity contribution in [1.82, 2.24) is 15.0 Å². The van der Waals surface area contributed by atoms with Crippen molar-refractivity contribution in [2.24, 2.45) is 5.41 Å². The first kappa shape index (κ1) is 20.9. The van der Waals surface area contributed by atoms with Crippen molar-refractivity contribution in [3.8, 4) is 11.3 Å². The minimum atomic E-state index is -0.739. The number of aryl methyl sites for hydroxylation is 1. The second-order valence-electron chi connectivity index (χ2n) is 7.95. The van der Waals surface area contributed by atoms with Crippen LogP contribution in [-0.2, 0) is 6.61 Å². The fourth-order valence-electron chi connectivity index (χ4n) is 3.87. The third-order valence-electron chi connectivity index (χ3n) is 5.78. The second kappa shape index (κ2) is 8.70. The Kier molecular flexibility index (Phi) is 6.50. The Morgan fingerprint density at radius 2 is 2.00 bits per heavy atom. The van der Waals surface area contributed by atoms with Gasteiger partial charge < -0.3 is 10.0 Å². The summed E-state index contributed by atoms with van der Waals surface area (Å²) >= 11 is 6.08. The van der Waals surface area contributed by atoms with Gasteiger partial charge in [-0.05, 0) is 37.7 Å². The Morgan fingerprint density at radius 3 is 2.64 bits per heavy atom. The van der Waals surface area contributed by atoms with Gasteiger partial charge in [0.05, 0.1) is 18.0 Å². The maximum Gasteiger partial charge on any atom is 0.232 e. The second-order valence-corrected chi connectivity index (χ2v) is 8.33. The molecule has 0 radical (unpaired) electrons. The van der Waals surface area contributed by atoms with Crippen molar-refractivity contribution < 1.29 is 9.50 Å². The maximum atomic E-state index is 13.8. The SMILES string of the molecule is CCCCC1(C)CCN(c2nc(C)c(-c3ccnc(F)c3Cl)nc2CO)CC1. The molecule has 0 aliphatic carbocycles. The van der Waals surface area contributed by atoms with Crippen LogP contribution in [0, 0.1) is 18.3 Å². The van der Waals surface area contributed by atoms with E-state index in [1.54, 1.807) is 6.07 Å². The minimum absolute atomic E-state index is 0.0822. The van der Waals surface area contributed by atoms with Crippen LogP contribution in [0.3, 0.4) is 0 Å². The zero-order chi connectivity index (χ0) is 20.3. The summed E-state index contributed by atoms with van der Waals surface area (Å²) < 4.78 is 13.8. The first-order valence-electron chi connectivity index (χ1n) is 9.92. The average molecular weight is 407 g/mol. The van der Waals surface area contributed by atoms with Crippen LogP contribution >= 0.6 is 11.6 Å². The maximum absolute atomic E-state index is 13.8. The normalized spacial score (nSPS) is 16.4. The van der Waals surface area contributed by atoms with Gasteiger partial charge in [-0.25, -0.2) is 15.0 Å². The summed E-state index contributed by atoms with van der Waals surface area (Å²) in [6, 6.07) is 1.61. The number of aromatic nitrogens is 3. The highest BCUT2D eigenvalue weighted by molar-refractivity contribution is 6.33. The minimum Gasteiger partial charge on any atom is -0.390 e. The molecule has 2 aromatic heterocycles. The third kappa shape index (κ3) is 4.28. The van der Waals surface area contributed by atoms with Crippen LogP contribution in [0.1, 0.15) is 57.3 Å². The topological polar surface area (TPSA) is 62.1 Å². The molecule has 0 atom stereocenters. The molecule has 1 saturated heterocycles. The van der Waals surface area contributed by atoms with Gasteiger partial charge in [0.1, 0.15) is 10.7 Å². The fourth-order valence-corrected chi connectivity index (χ4v) is 4.07. The lowest BCUT2D eigenvalue weighted by atomic mass is 9.76. The zero-order valence-electron chi connectivity index (χ0n) is 16.8. The number of piperidine rings is 1. The van der Waals surface area contributed by atoms with Gasteiger partial charge in [-0.2, -0.15) is 4.39 Å². The highest BCUT2D eigenvalue weighted by Gasteiger charge is 2.31. The van der Waals surface area contributed by atoms with E-state index < -0.39 is 5.95 Å². The molecule has 0 aromatic carbocycles. The number of aliphatic hydroxyl groups is 1. The monoisotopic (exact) mass is 406 g/mol. The molecule has 0 unspecified atom stereocenters. The third-order valence-corrected chi connectivity index (χ3v) is 6.14. The molecular formula is C21H28ClFN4O. The van der Waals surface area contributed by atoms with Crippen LogP contribution in [-0.4, -0.2) is 33.1 Å². The lowest BCUT2D eigenvalue weighted by molar-refractivity contribution is 0.220. The summed E-state index contributed by atoms with van der Waals surface area (Å²) in [5.74, 6) is -0.0238. The molecule has 5 nitrogen and oxygen atoms in total. The molecule has 3 rings (SSSR count). The number of hydrogen-bond donors (Lipinski definition) is 1. The predicted molar refractivity (Wildman–Crippen MR) is 110 cm³/mol. The highest BCUT2D eigenvalue weighted by Crippen LogP contribution is 2.38. The zero-order valence-corrected chi connectivity index (χ0v) is 17.6. The van der Waals surface area contributed by atoms with Gasteiger partial charge in [-0.3, -0.25) is 0 Å². The molecule has 0 spiro atoms. The average Bonchev–Trinajstić information content (AvgIpc) is 2.69. The lowest BCUT2D eigenvalue weighted by Crippen LogP contribution is -2.40. The Balaban J connectivity index is 1.88. The quantitative estimate of drug-likeness (QED) is 0.689. The summed E-state index contributed by atoms with van der Waals surface area (Å²) in [6.45, 7) is 7.98. The molecule has 0 amide bonds. The van der Waals surface area contributed by atoms with Gasteiger partial charge in [0, 0.05) is 24.8 Å². The summed E-state index contributed by atoms with van der Waals surface area (Å²) in [5.41, 5.74) is 2.43. The van der Waals surface area contributed by atoms with E-state index in [1.807, 2.05) is 6.92 Å². The Hall–Kier alpha value is -1.79. The van der Waals surface area contributed by atoms with E-state index in [0.29, 0.717) is 33.9 Å². The molecule has 1 fully saturated rings.